The standard InChI is InChI=1S/C22H17ClN4O6S3/c23-11-3-1-10(2-4-11)15-16-17(20(30)26-19(16)29)34-21-18(15)35-22(31)27(21)9-14(28)25-12-5-7-13(8-6-12)36(24,32)33/h1-8,15-17H,9H2,(H,25,28)(H2,24,32,33)(H,26,29,30)/t15-,16+,17-/m0/s1. The molecule has 36 heavy (non-hydrogen) atoms. The van der Waals surface area contributed by atoms with E-state index < -0.39 is 49.7 Å². The summed E-state index contributed by atoms with van der Waals surface area (Å²) in [6.07, 6.45) is 0. The van der Waals surface area contributed by atoms with E-state index in [2.05, 4.69) is 10.6 Å². The number of sulfonamides is 1. The van der Waals surface area contributed by atoms with Crippen molar-refractivity contribution in [3.8, 4) is 0 Å². The molecule has 3 amide bonds. The summed E-state index contributed by atoms with van der Waals surface area (Å²) >= 11 is 8.05. The summed E-state index contributed by atoms with van der Waals surface area (Å²) in [7, 11) is -3.87. The Bertz CT molecular complexity index is 1560. The van der Waals surface area contributed by atoms with Crippen molar-refractivity contribution in [3.05, 3.63) is 73.7 Å². The molecule has 0 radical (unpaired) electrons. The molecule has 1 aromatic heterocycles. The van der Waals surface area contributed by atoms with Crippen LogP contribution in [0.5, 0.6) is 0 Å². The molecule has 186 valence electrons. The summed E-state index contributed by atoms with van der Waals surface area (Å²) in [5, 5.41) is 10.3. The molecule has 2 aromatic carbocycles. The number of amides is 3. The number of aromatic nitrogens is 1. The highest BCUT2D eigenvalue weighted by atomic mass is 35.5. The Labute approximate surface area is 217 Å². The predicted molar refractivity (Wildman–Crippen MR) is 135 cm³/mol. The number of anilines is 1. The lowest BCUT2D eigenvalue weighted by molar-refractivity contribution is -0.126. The van der Waals surface area contributed by atoms with E-state index in [0.717, 1.165) is 28.7 Å². The Morgan fingerprint density at radius 3 is 2.36 bits per heavy atom. The second-order valence-corrected chi connectivity index (χ2v) is 12.3. The molecular weight excluding hydrogens is 548 g/mol. The highest BCUT2D eigenvalue weighted by molar-refractivity contribution is 8.00. The summed E-state index contributed by atoms with van der Waals surface area (Å²) in [5.41, 5.74) is 1.05. The molecular formula is C22H17ClN4O6S3. The monoisotopic (exact) mass is 564 g/mol. The fourth-order valence-electron chi connectivity index (χ4n) is 4.28. The molecule has 2 aliphatic rings. The Hall–Kier alpha value is -2.97. The molecule has 3 atom stereocenters. The van der Waals surface area contributed by atoms with Gasteiger partial charge in [-0.05, 0) is 42.0 Å². The minimum Gasteiger partial charge on any atom is -0.325 e. The number of rotatable bonds is 5. The van der Waals surface area contributed by atoms with Crippen LogP contribution >= 0.6 is 34.7 Å². The molecule has 1 fully saturated rings. The zero-order chi connectivity index (χ0) is 25.8. The summed E-state index contributed by atoms with van der Waals surface area (Å²) in [4.78, 5) is 51.1. The summed E-state index contributed by atoms with van der Waals surface area (Å²) in [5.74, 6) is -2.63. The molecule has 0 aliphatic carbocycles. The average Bonchev–Trinajstić information content (AvgIpc) is 3.28. The van der Waals surface area contributed by atoms with Crippen molar-refractivity contribution < 1.29 is 22.8 Å². The largest absolute Gasteiger partial charge is 0.325 e. The first-order chi connectivity index (χ1) is 17.0. The zero-order valence-corrected chi connectivity index (χ0v) is 21.3. The highest BCUT2D eigenvalue weighted by Gasteiger charge is 2.52. The summed E-state index contributed by atoms with van der Waals surface area (Å²) in [6, 6.07) is 12.1. The number of primary sulfonamides is 1. The van der Waals surface area contributed by atoms with Crippen LogP contribution in [0.25, 0.3) is 0 Å². The van der Waals surface area contributed by atoms with Crippen molar-refractivity contribution >= 4 is 68.1 Å². The van der Waals surface area contributed by atoms with Crippen molar-refractivity contribution in [2.75, 3.05) is 5.32 Å². The van der Waals surface area contributed by atoms with Crippen LogP contribution in [0, 0.1) is 5.92 Å². The molecule has 2 aliphatic heterocycles. The van der Waals surface area contributed by atoms with Gasteiger partial charge >= 0.3 is 4.87 Å². The van der Waals surface area contributed by atoms with Gasteiger partial charge in [0.15, 0.2) is 0 Å². The van der Waals surface area contributed by atoms with Gasteiger partial charge in [-0.15, -0.1) is 0 Å². The number of carbonyl (C=O) groups is 3. The maximum Gasteiger partial charge on any atom is 0.308 e. The van der Waals surface area contributed by atoms with Gasteiger partial charge in [0, 0.05) is 21.5 Å². The number of hydrogen-bond acceptors (Lipinski definition) is 8. The van der Waals surface area contributed by atoms with Gasteiger partial charge in [0.1, 0.15) is 11.8 Å². The zero-order valence-electron chi connectivity index (χ0n) is 18.1. The lowest BCUT2D eigenvalue weighted by atomic mass is 9.83. The fraction of sp³-hybridized carbons (Fsp3) is 0.182. The number of nitrogens with two attached hydrogens (primary N) is 1. The molecule has 4 N–H and O–H groups in total. The van der Waals surface area contributed by atoms with Crippen LogP contribution in [-0.4, -0.2) is 36.0 Å². The van der Waals surface area contributed by atoms with Crippen molar-refractivity contribution in [2.24, 2.45) is 11.1 Å². The van der Waals surface area contributed by atoms with Crippen LogP contribution in [0.15, 0.2) is 63.2 Å². The van der Waals surface area contributed by atoms with E-state index in [1.54, 1.807) is 24.3 Å². The maximum absolute atomic E-state index is 13.0. The van der Waals surface area contributed by atoms with Gasteiger partial charge in [0.2, 0.25) is 27.7 Å². The molecule has 10 nitrogen and oxygen atoms in total. The second kappa shape index (κ2) is 9.16. The molecule has 3 heterocycles. The smallest absolute Gasteiger partial charge is 0.308 e. The topological polar surface area (TPSA) is 157 Å². The van der Waals surface area contributed by atoms with Crippen molar-refractivity contribution in [1.29, 1.82) is 0 Å². The number of carbonyl (C=O) groups excluding carboxylic acids is 3. The first kappa shape index (κ1) is 24.7. The van der Waals surface area contributed by atoms with Gasteiger partial charge in [0.25, 0.3) is 0 Å². The number of nitrogens with one attached hydrogen (secondary N) is 2. The number of benzene rings is 2. The molecule has 14 heteroatoms. The van der Waals surface area contributed by atoms with Crippen LogP contribution in [0.3, 0.4) is 0 Å². The lowest BCUT2D eigenvalue weighted by Gasteiger charge is -2.30. The van der Waals surface area contributed by atoms with E-state index in [4.69, 9.17) is 16.7 Å². The lowest BCUT2D eigenvalue weighted by Crippen LogP contribution is -2.32. The number of fused-ring (bicyclic) bond motifs is 2. The molecule has 0 saturated carbocycles. The highest BCUT2D eigenvalue weighted by Crippen LogP contribution is 2.51. The molecule has 5 rings (SSSR count). The van der Waals surface area contributed by atoms with Gasteiger partial charge in [-0.2, -0.15) is 0 Å². The Morgan fingerprint density at radius 2 is 1.72 bits per heavy atom. The second-order valence-electron chi connectivity index (χ2n) is 8.19. The van der Waals surface area contributed by atoms with Gasteiger partial charge in [-0.1, -0.05) is 46.8 Å². The number of nitrogens with zero attached hydrogens (tertiary/aromatic N) is 1. The van der Waals surface area contributed by atoms with E-state index in [1.165, 1.54) is 28.8 Å². The normalized spacial score (nSPS) is 21.0. The van der Waals surface area contributed by atoms with E-state index in [9.17, 15) is 27.6 Å². The molecule has 0 bridgehead atoms. The minimum atomic E-state index is -3.87. The third kappa shape index (κ3) is 4.48. The number of imide groups is 1. The number of thioether (sulfide) groups is 1. The molecule has 3 aromatic rings. The molecule has 0 spiro atoms. The van der Waals surface area contributed by atoms with Crippen LogP contribution in [0.2, 0.25) is 5.02 Å². The van der Waals surface area contributed by atoms with E-state index in [-0.39, 0.29) is 11.4 Å². The molecule has 1 saturated heterocycles. The third-order valence-electron chi connectivity index (χ3n) is 5.88. The summed E-state index contributed by atoms with van der Waals surface area (Å²) < 4.78 is 24.1. The molecule has 0 unspecified atom stereocenters. The van der Waals surface area contributed by atoms with Gasteiger partial charge in [-0.3, -0.25) is 29.1 Å². The van der Waals surface area contributed by atoms with E-state index in [0.29, 0.717) is 20.6 Å². The third-order valence-corrected chi connectivity index (χ3v) is 9.68. The average molecular weight is 565 g/mol. The Morgan fingerprint density at radius 1 is 1.06 bits per heavy atom. The van der Waals surface area contributed by atoms with Crippen LogP contribution in [-0.2, 0) is 31.0 Å². The van der Waals surface area contributed by atoms with Crippen LogP contribution < -0.4 is 20.6 Å². The minimum absolute atomic E-state index is 0.104. The summed E-state index contributed by atoms with van der Waals surface area (Å²) in [6.45, 7) is -0.338. The predicted octanol–water partition coefficient (Wildman–Crippen LogP) is 1.73. The first-order valence-electron chi connectivity index (χ1n) is 10.5. The number of halogens is 1. The van der Waals surface area contributed by atoms with Crippen molar-refractivity contribution in [2.45, 2.75) is 27.6 Å². The van der Waals surface area contributed by atoms with Crippen molar-refractivity contribution in [3.63, 3.8) is 0 Å². The number of thiazole rings is 1. The van der Waals surface area contributed by atoms with Gasteiger partial charge in [0.05, 0.1) is 15.8 Å². The Balaban J connectivity index is 1.47. The number of hydrogen-bond donors (Lipinski definition) is 3. The van der Waals surface area contributed by atoms with E-state index in [1.807, 2.05) is 0 Å². The SMILES string of the molecule is NS(=O)(=O)c1ccc(NC(=O)Cn2c3c(sc2=O)[C@@H](c2ccc(Cl)cc2)[C@H]2C(=O)NC(=O)[C@H]2S3)cc1. The van der Waals surface area contributed by atoms with E-state index >= 15 is 0 Å². The van der Waals surface area contributed by atoms with Gasteiger partial charge < -0.3 is 5.32 Å². The van der Waals surface area contributed by atoms with Crippen LogP contribution in [0.1, 0.15) is 16.4 Å². The van der Waals surface area contributed by atoms with Gasteiger partial charge in [-0.25, -0.2) is 13.6 Å². The van der Waals surface area contributed by atoms with Crippen LogP contribution in [0.4, 0.5) is 5.69 Å². The van der Waals surface area contributed by atoms with Crippen molar-refractivity contribution in [1.82, 2.24) is 9.88 Å². The first-order valence-corrected chi connectivity index (χ1v) is 14.1. The fourth-order valence-corrected chi connectivity index (χ4v) is 7.66. The Kier molecular flexibility index (Phi) is 6.29. The maximum atomic E-state index is 13.0. The quantitative estimate of drug-likeness (QED) is 0.398.